The molecule has 78 valence electrons. The van der Waals surface area contributed by atoms with E-state index in [-0.39, 0.29) is 11.3 Å². The first-order chi connectivity index (χ1) is 7.04. The monoisotopic (exact) mass is 211 g/mol. The van der Waals surface area contributed by atoms with Crippen LogP contribution in [0, 0.1) is 23.5 Å². The van der Waals surface area contributed by atoms with E-state index < -0.39 is 17.6 Å². The third-order valence-electron chi connectivity index (χ3n) is 1.57. The minimum atomic E-state index is -0.827. The van der Waals surface area contributed by atoms with Crippen molar-refractivity contribution in [3.8, 4) is 11.8 Å². The highest BCUT2D eigenvalue weighted by Gasteiger charge is 2.05. The summed E-state index contributed by atoms with van der Waals surface area (Å²) < 4.78 is 30.2. The van der Waals surface area contributed by atoms with Gasteiger partial charge in [-0.3, -0.25) is 0 Å². The van der Waals surface area contributed by atoms with Crippen molar-refractivity contribution < 1.29 is 18.3 Å². The number of methoxy groups -OCH3 is 1. The molecular formula is C10H7F2NO2. The number of nitrogens with two attached hydrogens (primary N) is 1. The van der Waals surface area contributed by atoms with Crippen molar-refractivity contribution in [2.45, 2.75) is 0 Å². The number of hydrogen-bond acceptors (Lipinski definition) is 3. The van der Waals surface area contributed by atoms with Gasteiger partial charge in [0.25, 0.3) is 0 Å². The van der Waals surface area contributed by atoms with Gasteiger partial charge in [-0.15, -0.1) is 0 Å². The molecule has 2 N–H and O–H groups in total. The molecule has 15 heavy (non-hydrogen) atoms. The van der Waals surface area contributed by atoms with Crippen molar-refractivity contribution >= 4 is 11.7 Å². The molecule has 0 saturated heterocycles. The van der Waals surface area contributed by atoms with Gasteiger partial charge in [0, 0.05) is 12.0 Å². The zero-order valence-corrected chi connectivity index (χ0v) is 7.80. The summed E-state index contributed by atoms with van der Waals surface area (Å²) in [7, 11) is 1.14. The van der Waals surface area contributed by atoms with Crippen LogP contribution in [0.3, 0.4) is 0 Å². The van der Waals surface area contributed by atoms with E-state index in [4.69, 9.17) is 5.73 Å². The maximum Gasteiger partial charge on any atom is 0.384 e. The maximum atomic E-state index is 13.1. The largest absolute Gasteiger partial charge is 0.459 e. The van der Waals surface area contributed by atoms with Crippen molar-refractivity contribution in [1.82, 2.24) is 0 Å². The summed E-state index contributed by atoms with van der Waals surface area (Å²) in [6.07, 6.45) is 0. The van der Waals surface area contributed by atoms with Gasteiger partial charge in [-0.1, -0.05) is 5.92 Å². The summed E-state index contributed by atoms with van der Waals surface area (Å²) in [4.78, 5) is 10.6. The molecular weight excluding hydrogens is 204 g/mol. The average Bonchev–Trinajstić information content (AvgIpc) is 2.21. The summed E-state index contributed by atoms with van der Waals surface area (Å²) in [5, 5.41) is 0. The summed E-state index contributed by atoms with van der Waals surface area (Å²) >= 11 is 0. The van der Waals surface area contributed by atoms with Gasteiger partial charge in [0.2, 0.25) is 0 Å². The van der Waals surface area contributed by atoms with Crippen LogP contribution in [-0.4, -0.2) is 13.1 Å². The number of halogens is 2. The molecule has 0 bridgehead atoms. The number of ether oxygens (including phenoxy) is 1. The number of nitrogen functional groups attached to an aromatic ring is 1. The Morgan fingerprint density at radius 3 is 2.67 bits per heavy atom. The van der Waals surface area contributed by atoms with Crippen LogP contribution in [0.1, 0.15) is 5.56 Å². The number of benzene rings is 1. The number of esters is 1. The van der Waals surface area contributed by atoms with Gasteiger partial charge in [0.15, 0.2) is 0 Å². The molecule has 0 amide bonds. The van der Waals surface area contributed by atoms with Gasteiger partial charge in [0.05, 0.1) is 18.4 Å². The highest BCUT2D eigenvalue weighted by Crippen LogP contribution is 2.15. The van der Waals surface area contributed by atoms with Gasteiger partial charge in [-0.05, 0) is 6.07 Å². The van der Waals surface area contributed by atoms with Gasteiger partial charge in [-0.25, -0.2) is 13.6 Å². The van der Waals surface area contributed by atoms with Crippen LogP contribution in [-0.2, 0) is 9.53 Å². The van der Waals surface area contributed by atoms with Crippen molar-refractivity contribution in [2.75, 3.05) is 12.8 Å². The van der Waals surface area contributed by atoms with Gasteiger partial charge < -0.3 is 10.5 Å². The molecule has 0 fully saturated rings. The SMILES string of the molecule is COC(=O)C#Cc1cc(F)c(N)cc1F. The Labute approximate surface area is 84.8 Å². The van der Waals surface area contributed by atoms with Crippen LogP contribution < -0.4 is 5.73 Å². The second-order valence-corrected chi connectivity index (χ2v) is 2.60. The standard InChI is InChI=1S/C10H7F2NO2/c1-15-10(14)3-2-6-4-8(12)9(13)5-7(6)11/h4-5H,13H2,1H3. The number of carbonyl (C=O) groups excluding carboxylic acids is 1. The van der Waals surface area contributed by atoms with Crippen molar-refractivity contribution in [3.05, 3.63) is 29.3 Å². The molecule has 0 radical (unpaired) electrons. The predicted octanol–water partition coefficient (Wildman–Crippen LogP) is 1.07. The molecule has 0 unspecified atom stereocenters. The quantitative estimate of drug-likeness (QED) is 0.396. The van der Waals surface area contributed by atoms with Crippen molar-refractivity contribution in [2.24, 2.45) is 0 Å². The van der Waals surface area contributed by atoms with Crippen LogP contribution in [0.25, 0.3) is 0 Å². The summed E-state index contributed by atoms with van der Waals surface area (Å²) in [6, 6.07) is 1.62. The topological polar surface area (TPSA) is 52.3 Å². The Morgan fingerprint density at radius 2 is 2.07 bits per heavy atom. The molecule has 5 heteroatoms. The first-order valence-corrected chi connectivity index (χ1v) is 3.89. The number of rotatable bonds is 0. The minimum absolute atomic E-state index is 0.243. The molecule has 3 nitrogen and oxygen atoms in total. The highest BCUT2D eigenvalue weighted by atomic mass is 19.1. The van der Waals surface area contributed by atoms with E-state index in [1.807, 2.05) is 5.92 Å². The number of hydrogen-bond donors (Lipinski definition) is 1. The molecule has 0 heterocycles. The van der Waals surface area contributed by atoms with Crippen LogP contribution in [0.2, 0.25) is 0 Å². The fourth-order valence-corrected chi connectivity index (χ4v) is 0.827. The lowest BCUT2D eigenvalue weighted by molar-refractivity contribution is -0.133. The predicted molar refractivity (Wildman–Crippen MR) is 49.7 cm³/mol. The molecule has 0 aliphatic heterocycles. The fourth-order valence-electron chi connectivity index (χ4n) is 0.827. The molecule has 1 aromatic carbocycles. The normalized spacial score (nSPS) is 9.00. The first-order valence-electron chi connectivity index (χ1n) is 3.89. The Balaban J connectivity index is 3.09. The van der Waals surface area contributed by atoms with Gasteiger partial charge in [-0.2, -0.15) is 0 Å². The Kier molecular flexibility index (Phi) is 3.24. The lowest BCUT2D eigenvalue weighted by Crippen LogP contribution is -1.97. The van der Waals surface area contributed by atoms with E-state index in [0.29, 0.717) is 0 Å². The van der Waals surface area contributed by atoms with E-state index >= 15 is 0 Å². The van der Waals surface area contributed by atoms with E-state index in [1.54, 1.807) is 0 Å². The zero-order chi connectivity index (χ0) is 11.4. The number of anilines is 1. The van der Waals surface area contributed by atoms with Crippen molar-refractivity contribution in [3.63, 3.8) is 0 Å². The molecule has 0 saturated carbocycles. The van der Waals surface area contributed by atoms with E-state index in [2.05, 4.69) is 10.7 Å². The van der Waals surface area contributed by atoms with Crippen LogP contribution in [0.4, 0.5) is 14.5 Å². The molecule has 1 rings (SSSR count). The second kappa shape index (κ2) is 4.42. The zero-order valence-electron chi connectivity index (χ0n) is 7.80. The molecule has 0 atom stereocenters. The van der Waals surface area contributed by atoms with E-state index in [9.17, 15) is 13.6 Å². The molecule has 1 aromatic rings. The molecule has 0 spiro atoms. The average molecular weight is 211 g/mol. The third-order valence-corrected chi connectivity index (χ3v) is 1.57. The Bertz CT molecular complexity index is 460. The first kappa shape index (κ1) is 11.0. The molecule has 0 aromatic heterocycles. The van der Waals surface area contributed by atoms with Gasteiger partial charge in [0.1, 0.15) is 11.6 Å². The lowest BCUT2D eigenvalue weighted by Gasteiger charge is -1.98. The fraction of sp³-hybridized carbons (Fsp3) is 0.100. The molecule has 0 aliphatic carbocycles. The second-order valence-electron chi connectivity index (χ2n) is 2.60. The summed E-state index contributed by atoms with van der Waals surface area (Å²) in [5.74, 6) is 1.71. The van der Waals surface area contributed by atoms with Crippen LogP contribution in [0.15, 0.2) is 12.1 Å². The Morgan fingerprint density at radius 1 is 1.40 bits per heavy atom. The minimum Gasteiger partial charge on any atom is -0.459 e. The molecule has 0 aliphatic rings. The maximum absolute atomic E-state index is 13.1. The lowest BCUT2D eigenvalue weighted by atomic mass is 10.2. The van der Waals surface area contributed by atoms with E-state index in [1.165, 1.54) is 0 Å². The number of carbonyl (C=O) groups is 1. The smallest absolute Gasteiger partial charge is 0.384 e. The third kappa shape index (κ3) is 2.68. The Hall–Kier alpha value is -2.09. The summed E-state index contributed by atoms with van der Waals surface area (Å²) in [6.45, 7) is 0. The summed E-state index contributed by atoms with van der Waals surface area (Å²) in [5.41, 5.74) is 4.56. The van der Waals surface area contributed by atoms with E-state index in [0.717, 1.165) is 19.2 Å². The van der Waals surface area contributed by atoms with Crippen LogP contribution >= 0.6 is 0 Å². The van der Waals surface area contributed by atoms with Crippen molar-refractivity contribution in [1.29, 1.82) is 0 Å². The van der Waals surface area contributed by atoms with Gasteiger partial charge >= 0.3 is 5.97 Å². The van der Waals surface area contributed by atoms with Crippen LogP contribution in [0.5, 0.6) is 0 Å². The highest BCUT2D eigenvalue weighted by molar-refractivity contribution is 5.89.